The summed E-state index contributed by atoms with van der Waals surface area (Å²) in [7, 11) is 0. The van der Waals surface area contributed by atoms with Crippen molar-refractivity contribution in [2.75, 3.05) is 11.1 Å². The number of H-pyrrole nitrogens is 1. The first-order valence-corrected chi connectivity index (χ1v) is 5.88. The molecule has 19 heavy (non-hydrogen) atoms. The van der Waals surface area contributed by atoms with Gasteiger partial charge in [-0.2, -0.15) is 5.10 Å². The molecule has 2 heterocycles. The van der Waals surface area contributed by atoms with Gasteiger partial charge in [0, 0.05) is 23.5 Å². The molecular weight excluding hydrogens is 246 g/mol. The van der Waals surface area contributed by atoms with E-state index in [4.69, 9.17) is 5.73 Å². The van der Waals surface area contributed by atoms with Gasteiger partial charge < -0.3 is 15.6 Å². The zero-order valence-corrected chi connectivity index (χ0v) is 10.5. The van der Waals surface area contributed by atoms with Crippen LogP contribution in [0.1, 0.15) is 12.5 Å². The lowest BCUT2D eigenvalue weighted by Gasteiger charge is -2.07. The Bertz CT molecular complexity index is 644. The number of aryl methyl sites for hydroxylation is 1. The highest BCUT2D eigenvalue weighted by atomic mass is 16.2. The fourth-order valence-corrected chi connectivity index (χ4v) is 1.69. The highest BCUT2D eigenvalue weighted by Gasteiger charge is 2.09. The van der Waals surface area contributed by atoms with Crippen LogP contribution in [0.25, 0.3) is 0 Å². The molecule has 2 aromatic heterocycles. The summed E-state index contributed by atoms with van der Waals surface area (Å²) in [4.78, 5) is 23.4. The van der Waals surface area contributed by atoms with Crippen molar-refractivity contribution >= 4 is 17.4 Å². The summed E-state index contributed by atoms with van der Waals surface area (Å²) in [6.07, 6.45) is 3.85. The number of carbonyl (C=O) groups is 1. The molecule has 2 aromatic rings. The molecule has 0 aromatic carbocycles. The lowest BCUT2D eigenvalue weighted by atomic mass is 10.2. The number of nitrogens with zero attached hydrogens (tertiary/aromatic N) is 2. The molecule has 0 bridgehead atoms. The van der Waals surface area contributed by atoms with Crippen LogP contribution in [0.4, 0.5) is 11.5 Å². The molecule has 4 N–H and O–H groups in total. The second-order valence-electron chi connectivity index (χ2n) is 4.10. The maximum absolute atomic E-state index is 11.9. The van der Waals surface area contributed by atoms with Crippen LogP contribution in [0.15, 0.2) is 29.3 Å². The summed E-state index contributed by atoms with van der Waals surface area (Å²) in [6.45, 7) is 1.87. The molecule has 0 saturated carbocycles. The minimum Gasteiger partial charge on any atom is -0.398 e. The average Bonchev–Trinajstić information content (AvgIpc) is 2.81. The van der Waals surface area contributed by atoms with E-state index in [0.29, 0.717) is 11.5 Å². The fourth-order valence-electron chi connectivity index (χ4n) is 1.69. The van der Waals surface area contributed by atoms with Crippen molar-refractivity contribution in [3.8, 4) is 0 Å². The summed E-state index contributed by atoms with van der Waals surface area (Å²) in [5.41, 5.74) is 6.65. The van der Waals surface area contributed by atoms with Crippen LogP contribution >= 0.6 is 0 Å². The van der Waals surface area contributed by atoms with Gasteiger partial charge in [0.25, 0.3) is 5.56 Å². The second-order valence-corrected chi connectivity index (χ2v) is 4.10. The molecule has 7 heteroatoms. The SMILES string of the molecule is CCc1cn[nH]c1NC(=O)Cn1cc(N)ccc1=O. The van der Waals surface area contributed by atoms with Crippen molar-refractivity contribution in [2.45, 2.75) is 19.9 Å². The number of anilines is 2. The highest BCUT2D eigenvalue weighted by Crippen LogP contribution is 2.11. The predicted octanol–water partition coefficient (Wildman–Crippen LogP) is 0.355. The Morgan fingerprint density at radius 1 is 1.53 bits per heavy atom. The molecule has 0 aliphatic carbocycles. The largest absolute Gasteiger partial charge is 0.398 e. The second kappa shape index (κ2) is 5.38. The zero-order chi connectivity index (χ0) is 13.8. The molecule has 0 fully saturated rings. The van der Waals surface area contributed by atoms with E-state index < -0.39 is 0 Å². The first-order chi connectivity index (χ1) is 9.10. The van der Waals surface area contributed by atoms with Gasteiger partial charge in [0.1, 0.15) is 12.4 Å². The molecule has 100 valence electrons. The van der Waals surface area contributed by atoms with Crippen LogP contribution in [0.5, 0.6) is 0 Å². The predicted molar refractivity (Wildman–Crippen MR) is 71.7 cm³/mol. The molecule has 0 spiro atoms. The van der Waals surface area contributed by atoms with Crippen LogP contribution in [0, 0.1) is 0 Å². The maximum atomic E-state index is 11.9. The van der Waals surface area contributed by atoms with Gasteiger partial charge in [0.2, 0.25) is 5.91 Å². The van der Waals surface area contributed by atoms with Crippen LogP contribution in [0.3, 0.4) is 0 Å². The molecule has 0 saturated heterocycles. The summed E-state index contributed by atoms with van der Waals surface area (Å²) in [5.74, 6) is 0.246. The quantitative estimate of drug-likeness (QED) is 0.738. The third-order valence-electron chi connectivity index (χ3n) is 2.68. The average molecular weight is 261 g/mol. The Morgan fingerprint density at radius 3 is 3.05 bits per heavy atom. The highest BCUT2D eigenvalue weighted by molar-refractivity contribution is 5.90. The summed E-state index contributed by atoms with van der Waals surface area (Å²) in [6, 6.07) is 2.83. The number of rotatable bonds is 4. The van der Waals surface area contributed by atoms with Gasteiger partial charge >= 0.3 is 0 Å². The number of hydrogen-bond acceptors (Lipinski definition) is 4. The van der Waals surface area contributed by atoms with Crippen molar-refractivity contribution in [1.29, 1.82) is 0 Å². The number of aromatic amines is 1. The number of amides is 1. The Balaban J connectivity index is 2.09. The lowest BCUT2D eigenvalue weighted by molar-refractivity contribution is -0.116. The van der Waals surface area contributed by atoms with E-state index in [-0.39, 0.29) is 18.0 Å². The van der Waals surface area contributed by atoms with Crippen molar-refractivity contribution < 1.29 is 4.79 Å². The first kappa shape index (κ1) is 12.9. The smallest absolute Gasteiger partial charge is 0.251 e. The van der Waals surface area contributed by atoms with Gasteiger partial charge in [-0.1, -0.05) is 6.92 Å². The third-order valence-corrected chi connectivity index (χ3v) is 2.68. The van der Waals surface area contributed by atoms with Gasteiger partial charge in [0.05, 0.1) is 6.20 Å². The van der Waals surface area contributed by atoms with Gasteiger partial charge in [-0.3, -0.25) is 14.7 Å². The summed E-state index contributed by atoms with van der Waals surface area (Å²) in [5, 5.41) is 9.24. The fraction of sp³-hybridized carbons (Fsp3) is 0.250. The Hall–Kier alpha value is -2.57. The molecular formula is C12H15N5O2. The van der Waals surface area contributed by atoms with Gasteiger partial charge in [-0.25, -0.2) is 0 Å². The summed E-state index contributed by atoms with van der Waals surface area (Å²) < 4.78 is 1.26. The number of aromatic nitrogens is 3. The van der Waals surface area contributed by atoms with Crippen molar-refractivity contribution in [3.05, 3.63) is 40.4 Å². The van der Waals surface area contributed by atoms with E-state index >= 15 is 0 Å². The molecule has 0 radical (unpaired) electrons. The van der Waals surface area contributed by atoms with E-state index in [9.17, 15) is 9.59 Å². The lowest BCUT2D eigenvalue weighted by Crippen LogP contribution is -2.27. The van der Waals surface area contributed by atoms with Crippen LogP contribution in [-0.2, 0) is 17.8 Å². The number of carbonyl (C=O) groups excluding carboxylic acids is 1. The Morgan fingerprint density at radius 2 is 2.32 bits per heavy atom. The van der Waals surface area contributed by atoms with E-state index in [1.807, 2.05) is 6.92 Å². The molecule has 1 amide bonds. The van der Waals surface area contributed by atoms with Crippen LogP contribution in [0.2, 0.25) is 0 Å². The van der Waals surface area contributed by atoms with Gasteiger partial charge in [-0.15, -0.1) is 0 Å². The molecule has 0 aliphatic rings. The molecule has 0 unspecified atom stereocenters. The van der Waals surface area contributed by atoms with Gasteiger partial charge in [-0.05, 0) is 12.5 Å². The third kappa shape index (κ3) is 3.01. The minimum atomic E-state index is -0.313. The molecule has 7 nitrogen and oxygen atoms in total. The standard InChI is InChI=1S/C12H15N5O2/c1-2-8-5-14-16-12(8)15-10(18)7-17-6-9(13)3-4-11(17)19/h3-6H,2,7,13H2,1H3,(H2,14,15,16,18). The Labute approximate surface area is 109 Å². The van der Waals surface area contributed by atoms with Crippen LogP contribution < -0.4 is 16.6 Å². The minimum absolute atomic E-state index is 0.0912. The topological polar surface area (TPSA) is 106 Å². The molecule has 2 rings (SSSR count). The van der Waals surface area contributed by atoms with E-state index in [1.165, 1.54) is 22.9 Å². The van der Waals surface area contributed by atoms with Crippen LogP contribution in [-0.4, -0.2) is 20.7 Å². The number of hydrogen-bond donors (Lipinski definition) is 3. The Kier molecular flexibility index (Phi) is 3.65. The molecule has 0 atom stereocenters. The van der Waals surface area contributed by atoms with Crippen molar-refractivity contribution in [1.82, 2.24) is 14.8 Å². The number of nitrogens with two attached hydrogens (primary N) is 1. The normalized spacial score (nSPS) is 10.4. The number of pyridine rings is 1. The van der Waals surface area contributed by atoms with E-state index in [2.05, 4.69) is 15.5 Å². The summed E-state index contributed by atoms with van der Waals surface area (Å²) >= 11 is 0. The first-order valence-electron chi connectivity index (χ1n) is 5.88. The molecule has 0 aliphatic heterocycles. The van der Waals surface area contributed by atoms with E-state index in [1.54, 1.807) is 6.20 Å². The van der Waals surface area contributed by atoms with Crippen molar-refractivity contribution in [2.24, 2.45) is 0 Å². The maximum Gasteiger partial charge on any atom is 0.251 e. The monoisotopic (exact) mass is 261 g/mol. The number of nitrogens with one attached hydrogen (secondary N) is 2. The zero-order valence-electron chi connectivity index (χ0n) is 10.5. The van der Waals surface area contributed by atoms with E-state index in [0.717, 1.165) is 12.0 Å². The van der Waals surface area contributed by atoms with Crippen molar-refractivity contribution in [3.63, 3.8) is 0 Å². The van der Waals surface area contributed by atoms with Gasteiger partial charge in [0.15, 0.2) is 0 Å². The number of nitrogen functional groups attached to an aromatic ring is 1.